The van der Waals surface area contributed by atoms with Crippen LogP contribution in [0.15, 0.2) is 18.2 Å². The maximum absolute atomic E-state index is 12.0. The molecule has 122 valence electrons. The van der Waals surface area contributed by atoms with Crippen LogP contribution in [0.25, 0.3) is 0 Å². The molecule has 0 fully saturated rings. The molecule has 0 aliphatic heterocycles. The van der Waals surface area contributed by atoms with E-state index in [1.54, 1.807) is 32.9 Å². The number of benzene rings is 1. The van der Waals surface area contributed by atoms with E-state index in [-0.39, 0.29) is 5.91 Å². The minimum absolute atomic E-state index is 0.165. The van der Waals surface area contributed by atoms with E-state index in [2.05, 4.69) is 10.6 Å². The molecule has 0 aliphatic rings. The lowest BCUT2D eigenvalue weighted by atomic mass is 10.1. The standard InChI is InChI=1S/C16H25N3O3/c1-11-6-7-12(17)10-13(11)14(20)18-8-5-9-19-15(21)22-16(2,3)4/h6-7,10H,5,8-9,17H2,1-4H3,(H,18,20)(H,19,21). The Bertz CT molecular complexity index is 536. The highest BCUT2D eigenvalue weighted by Gasteiger charge is 2.15. The molecule has 1 aromatic carbocycles. The van der Waals surface area contributed by atoms with Crippen LogP contribution in [-0.2, 0) is 4.74 Å². The molecule has 1 aromatic rings. The van der Waals surface area contributed by atoms with Gasteiger partial charge in [0.25, 0.3) is 5.91 Å². The molecule has 0 heterocycles. The summed E-state index contributed by atoms with van der Waals surface area (Å²) in [6.45, 7) is 8.18. The van der Waals surface area contributed by atoms with Crippen LogP contribution < -0.4 is 16.4 Å². The number of nitrogens with two attached hydrogens (primary N) is 1. The quantitative estimate of drug-likeness (QED) is 0.574. The van der Waals surface area contributed by atoms with E-state index in [4.69, 9.17) is 10.5 Å². The van der Waals surface area contributed by atoms with Gasteiger partial charge in [-0.3, -0.25) is 4.79 Å². The molecule has 0 atom stereocenters. The number of alkyl carbamates (subject to hydrolysis) is 1. The van der Waals surface area contributed by atoms with Crippen molar-refractivity contribution in [1.82, 2.24) is 10.6 Å². The van der Waals surface area contributed by atoms with Gasteiger partial charge in [-0.25, -0.2) is 4.79 Å². The number of hydrogen-bond donors (Lipinski definition) is 3. The predicted octanol–water partition coefficient (Wildman–Crippen LogP) is 2.22. The van der Waals surface area contributed by atoms with Gasteiger partial charge in [-0.15, -0.1) is 0 Å². The molecule has 0 spiro atoms. The first-order chi connectivity index (χ1) is 10.2. The van der Waals surface area contributed by atoms with E-state index < -0.39 is 11.7 Å². The highest BCUT2D eigenvalue weighted by molar-refractivity contribution is 5.96. The number of rotatable bonds is 5. The number of carbonyl (C=O) groups is 2. The average molecular weight is 307 g/mol. The summed E-state index contributed by atoms with van der Waals surface area (Å²) < 4.78 is 5.11. The molecule has 0 aliphatic carbocycles. The summed E-state index contributed by atoms with van der Waals surface area (Å²) in [5.41, 5.74) is 7.17. The van der Waals surface area contributed by atoms with Gasteiger partial charge in [0.15, 0.2) is 0 Å². The molecule has 0 bridgehead atoms. The van der Waals surface area contributed by atoms with Gasteiger partial charge < -0.3 is 21.1 Å². The number of ether oxygens (including phenoxy) is 1. The van der Waals surface area contributed by atoms with Crippen LogP contribution in [0.1, 0.15) is 43.1 Å². The van der Waals surface area contributed by atoms with E-state index >= 15 is 0 Å². The number of hydrogen-bond acceptors (Lipinski definition) is 4. The Morgan fingerprint density at radius 3 is 2.45 bits per heavy atom. The first-order valence-corrected chi connectivity index (χ1v) is 7.30. The van der Waals surface area contributed by atoms with Crippen molar-refractivity contribution < 1.29 is 14.3 Å². The highest BCUT2D eigenvalue weighted by Crippen LogP contribution is 2.12. The van der Waals surface area contributed by atoms with E-state index in [9.17, 15) is 9.59 Å². The van der Waals surface area contributed by atoms with E-state index in [1.807, 2.05) is 13.0 Å². The summed E-state index contributed by atoms with van der Waals surface area (Å²) in [5.74, 6) is -0.165. The van der Waals surface area contributed by atoms with E-state index in [1.165, 1.54) is 0 Å². The van der Waals surface area contributed by atoms with Crippen LogP contribution in [0.4, 0.5) is 10.5 Å². The van der Waals surface area contributed by atoms with Gasteiger partial charge in [-0.1, -0.05) is 6.07 Å². The Labute approximate surface area is 131 Å². The van der Waals surface area contributed by atoms with Gasteiger partial charge in [0, 0.05) is 24.3 Å². The van der Waals surface area contributed by atoms with Crippen molar-refractivity contribution in [2.24, 2.45) is 0 Å². The van der Waals surface area contributed by atoms with Crippen molar-refractivity contribution in [2.75, 3.05) is 18.8 Å². The molecule has 0 saturated carbocycles. The van der Waals surface area contributed by atoms with Gasteiger partial charge in [-0.2, -0.15) is 0 Å². The summed E-state index contributed by atoms with van der Waals surface area (Å²) in [6.07, 6.45) is 0.164. The fourth-order valence-corrected chi connectivity index (χ4v) is 1.77. The Balaban J connectivity index is 2.29. The highest BCUT2D eigenvalue weighted by atomic mass is 16.6. The molecule has 2 amide bonds. The zero-order valence-electron chi connectivity index (χ0n) is 13.7. The van der Waals surface area contributed by atoms with Crippen molar-refractivity contribution in [3.05, 3.63) is 29.3 Å². The second-order valence-electron chi connectivity index (χ2n) is 6.11. The third-order valence-electron chi connectivity index (χ3n) is 2.81. The second kappa shape index (κ2) is 7.68. The zero-order chi connectivity index (χ0) is 16.8. The Hall–Kier alpha value is -2.24. The Morgan fingerprint density at radius 2 is 1.82 bits per heavy atom. The van der Waals surface area contributed by atoms with Crippen LogP contribution in [0, 0.1) is 6.92 Å². The summed E-state index contributed by atoms with van der Waals surface area (Å²) in [6, 6.07) is 5.23. The van der Waals surface area contributed by atoms with Gasteiger partial charge in [0.1, 0.15) is 5.60 Å². The van der Waals surface area contributed by atoms with Gasteiger partial charge in [0.2, 0.25) is 0 Å². The van der Waals surface area contributed by atoms with Crippen molar-refractivity contribution in [1.29, 1.82) is 0 Å². The molecule has 0 radical (unpaired) electrons. The van der Waals surface area contributed by atoms with Crippen molar-refractivity contribution in [2.45, 2.75) is 39.7 Å². The predicted molar refractivity (Wildman–Crippen MR) is 86.8 cm³/mol. The maximum atomic E-state index is 12.0. The molecule has 0 aromatic heterocycles. The first kappa shape index (κ1) is 17.8. The van der Waals surface area contributed by atoms with Crippen molar-refractivity contribution in [3.63, 3.8) is 0 Å². The lowest BCUT2D eigenvalue weighted by molar-refractivity contribution is 0.0527. The summed E-state index contributed by atoms with van der Waals surface area (Å²) in [7, 11) is 0. The second-order valence-corrected chi connectivity index (χ2v) is 6.11. The number of anilines is 1. The zero-order valence-corrected chi connectivity index (χ0v) is 13.7. The third-order valence-corrected chi connectivity index (χ3v) is 2.81. The number of nitrogen functional groups attached to an aromatic ring is 1. The topological polar surface area (TPSA) is 93.5 Å². The lowest BCUT2D eigenvalue weighted by Gasteiger charge is -2.19. The van der Waals surface area contributed by atoms with Crippen LogP contribution in [0.2, 0.25) is 0 Å². The van der Waals surface area contributed by atoms with Crippen LogP contribution in [0.3, 0.4) is 0 Å². The molecule has 0 unspecified atom stereocenters. The smallest absolute Gasteiger partial charge is 0.407 e. The van der Waals surface area contributed by atoms with Gasteiger partial charge >= 0.3 is 6.09 Å². The summed E-state index contributed by atoms with van der Waals surface area (Å²) >= 11 is 0. The maximum Gasteiger partial charge on any atom is 0.407 e. The van der Waals surface area contributed by atoms with Crippen molar-refractivity contribution in [3.8, 4) is 0 Å². The SMILES string of the molecule is Cc1ccc(N)cc1C(=O)NCCCNC(=O)OC(C)(C)C. The minimum atomic E-state index is -0.511. The minimum Gasteiger partial charge on any atom is -0.444 e. The molecular formula is C16H25N3O3. The van der Waals surface area contributed by atoms with Crippen LogP contribution in [-0.4, -0.2) is 30.7 Å². The summed E-state index contributed by atoms with van der Waals surface area (Å²) in [4.78, 5) is 23.4. The number of amides is 2. The first-order valence-electron chi connectivity index (χ1n) is 7.30. The Kier molecular flexibility index (Phi) is 6.22. The monoisotopic (exact) mass is 307 g/mol. The molecule has 4 N–H and O–H groups in total. The fraction of sp³-hybridized carbons (Fsp3) is 0.500. The molecule has 0 saturated heterocycles. The molecule has 1 rings (SSSR count). The summed E-state index contributed by atoms with van der Waals surface area (Å²) in [5, 5.41) is 5.44. The largest absolute Gasteiger partial charge is 0.444 e. The van der Waals surface area contributed by atoms with E-state index in [0.29, 0.717) is 30.8 Å². The van der Waals surface area contributed by atoms with Crippen LogP contribution >= 0.6 is 0 Å². The molecule has 6 heteroatoms. The van der Waals surface area contributed by atoms with Crippen LogP contribution in [0.5, 0.6) is 0 Å². The molecular weight excluding hydrogens is 282 g/mol. The number of aryl methyl sites for hydroxylation is 1. The van der Waals surface area contributed by atoms with Gasteiger partial charge in [-0.05, 0) is 51.8 Å². The lowest BCUT2D eigenvalue weighted by Crippen LogP contribution is -2.34. The average Bonchev–Trinajstić information content (AvgIpc) is 2.38. The number of nitrogens with one attached hydrogen (secondary N) is 2. The molecule has 6 nitrogen and oxygen atoms in total. The van der Waals surface area contributed by atoms with Crippen molar-refractivity contribution >= 4 is 17.7 Å². The normalized spacial score (nSPS) is 10.9. The fourth-order valence-electron chi connectivity index (χ4n) is 1.77. The van der Waals surface area contributed by atoms with E-state index in [0.717, 1.165) is 5.56 Å². The third kappa shape index (κ3) is 6.47. The van der Waals surface area contributed by atoms with Gasteiger partial charge in [0.05, 0.1) is 0 Å². The Morgan fingerprint density at radius 1 is 1.18 bits per heavy atom. The molecule has 22 heavy (non-hydrogen) atoms. The number of carbonyl (C=O) groups excluding carboxylic acids is 2.